The molecule has 2 atom stereocenters. The van der Waals surface area contributed by atoms with Crippen LogP contribution < -0.4 is 0 Å². The van der Waals surface area contributed by atoms with E-state index in [1.54, 1.807) is 47.0 Å². The maximum absolute atomic E-state index is 5.55. The van der Waals surface area contributed by atoms with Crippen molar-refractivity contribution in [1.82, 2.24) is 0 Å². The molecule has 102 heavy (non-hydrogen) atoms. The first-order valence-corrected chi connectivity index (χ1v) is 40.0. The van der Waals surface area contributed by atoms with Gasteiger partial charge in [0.2, 0.25) is 0 Å². The van der Waals surface area contributed by atoms with Gasteiger partial charge in [0, 0.05) is 85.6 Å². The van der Waals surface area contributed by atoms with E-state index in [1.165, 1.54) is 148 Å². The molecule has 4 heterocycles. The SMILES string of the molecule is CC(C)CCCC(C)CCc1ccc(-c2cc3c4c(c(-c5ccc(CCC(C)CCCC(C)C)cc5)cc5c4c2N=C(c2ccccc2)S5)N=C(c2ccccc2)S3)cc1.Cc1ccc(-c2cc3c4c(c(-c5ccc(C)cc5)cc5c4c2N=C(c2ccccc2)S5)N=C(c2ccccc2)S3)cc1. The number of nitrogens with zero attached hydrogens (tertiary/aromatic N) is 4. The zero-order valence-electron chi connectivity index (χ0n) is 59.9. The highest BCUT2D eigenvalue weighted by Crippen LogP contribution is 2.59. The van der Waals surface area contributed by atoms with Gasteiger partial charge in [-0.1, -0.05) is 357 Å². The molecule has 0 radical (unpaired) electrons. The zero-order valence-corrected chi connectivity index (χ0v) is 63.2. The molecule has 2 unspecified atom stereocenters. The molecule has 0 saturated heterocycles. The van der Waals surface area contributed by atoms with Crippen molar-refractivity contribution < 1.29 is 0 Å². The molecule has 0 N–H and O–H groups in total. The smallest absolute Gasteiger partial charge is 0.109 e. The molecule has 16 rings (SSSR count). The van der Waals surface area contributed by atoms with Gasteiger partial charge in [-0.05, 0) is 121 Å². The molecular formula is C94H88N4S4. The lowest BCUT2D eigenvalue weighted by molar-refractivity contribution is 0.437. The number of aryl methyl sites for hydroxylation is 4. The fourth-order valence-electron chi connectivity index (χ4n) is 14.5. The van der Waals surface area contributed by atoms with Crippen LogP contribution in [0, 0.1) is 37.5 Å². The maximum Gasteiger partial charge on any atom is 0.109 e. The van der Waals surface area contributed by atoms with Crippen molar-refractivity contribution in [1.29, 1.82) is 0 Å². The third kappa shape index (κ3) is 15.2. The number of hydrogen-bond acceptors (Lipinski definition) is 8. The Labute approximate surface area is 621 Å². The summed E-state index contributed by atoms with van der Waals surface area (Å²) in [6.07, 6.45) is 12.7. The Kier molecular flexibility index (Phi) is 21.0. The van der Waals surface area contributed by atoms with Crippen molar-refractivity contribution in [3.05, 3.63) is 287 Å². The van der Waals surface area contributed by atoms with Gasteiger partial charge in [0.1, 0.15) is 20.2 Å². The Hall–Kier alpha value is -8.76. The molecule has 0 spiro atoms. The second kappa shape index (κ2) is 31.1. The van der Waals surface area contributed by atoms with E-state index in [1.807, 2.05) is 0 Å². The standard InChI is InChI=1S/C56H62N2S2.C38H26N2S2/c1-37(2)15-13-17-39(5)23-25-41-27-31-43(32-28-41)47-35-49-52-51-50(60-55(57-53(47)51)45-19-9-7-10-20-45)36-48(54(52)58-56(59-49)46-21-11-8-12-22-46)44-33-29-42(30-34-44)26-24-40(6)18-14-16-38(3)4;1-23-13-17-25(18-14-23)29-21-31-34-33-32(42-37(39-35(29)33)27-9-5-3-6-10-27)22-30(26-19-15-24(2)16-20-26)36(34)40-38(41-31)28-11-7-4-8-12-28/h7-12,19-22,27-40H,13-18,23-26H2,1-6H3;3-22H,1-2H3. The summed E-state index contributed by atoms with van der Waals surface area (Å²) in [6.45, 7) is 18.5. The molecule has 0 amide bonds. The molecule has 0 bridgehead atoms. The summed E-state index contributed by atoms with van der Waals surface area (Å²) in [7, 11) is 0. The Balaban J connectivity index is 0.000000175. The van der Waals surface area contributed by atoms with E-state index in [2.05, 4.69) is 298 Å². The number of thioether (sulfide) groups is 4. The van der Waals surface area contributed by atoms with Crippen molar-refractivity contribution >= 4 is 112 Å². The summed E-state index contributed by atoms with van der Waals surface area (Å²) in [5.41, 5.74) is 23.5. The fourth-order valence-corrected chi connectivity index (χ4v) is 18.8. The minimum absolute atomic E-state index is 0.746. The third-order valence-corrected chi connectivity index (χ3v) is 24.6. The van der Waals surface area contributed by atoms with E-state index < -0.39 is 0 Å². The monoisotopic (exact) mass is 1400 g/mol. The summed E-state index contributed by atoms with van der Waals surface area (Å²) < 4.78 is 0. The van der Waals surface area contributed by atoms with Gasteiger partial charge in [-0.2, -0.15) is 0 Å². The predicted molar refractivity (Wildman–Crippen MR) is 445 cm³/mol. The number of benzene rings is 12. The molecule has 508 valence electrons. The van der Waals surface area contributed by atoms with Crippen molar-refractivity contribution in [2.24, 2.45) is 43.6 Å². The minimum Gasteiger partial charge on any atom is -0.240 e. The van der Waals surface area contributed by atoms with Crippen LogP contribution in [-0.2, 0) is 12.8 Å². The van der Waals surface area contributed by atoms with Gasteiger partial charge < -0.3 is 0 Å². The van der Waals surface area contributed by atoms with Crippen LogP contribution in [0.2, 0.25) is 0 Å². The molecule has 0 aromatic heterocycles. The molecule has 0 saturated carbocycles. The van der Waals surface area contributed by atoms with E-state index in [0.717, 1.165) is 113 Å². The van der Waals surface area contributed by atoms with Gasteiger partial charge >= 0.3 is 0 Å². The highest BCUT2D eigenvalue weighted by atomic mass is 32.2. The number of aliphatic imine (C=N–C) groups is 4. The van der Waals surface area contributed by atoms with Crippen LogP contribution >= 0.6 is 47.0 Å². The summed E-state index contributed by atoms with van der Waals surface area (Å²) in [5, 5.41) is 8.95. The molecule has 4 aliphatic rings. The highest BCUT2D eigenvalue weighted by molar-refractivity contribution is 8.15. The molecule has 4 nitrogen and oxygen atoms in total. The van der Waals surface area contributed by atoms with Crippen LogP contribution in [0.1, 0.15) is 137 Å². The maximum atomic E-state index is 5.55. The molecular weight excluding hydrogens is 1310 g/mol. The van der Waals surface area contributed by atoms with Crippen molar-refractivity contribution in [2.75, 3.05) is 0 Å². The van der Waals surface area contributed by atoms with E-state index in [4.69, 9.17) is 20.0 Å². The lowest BCUT2D eigenvalue weighted by Crippen LogP contribution is -2.05. The van der Waals surface area contributed by atoms with E-state index in [-0.39, 0.29) is 0 Å². The van der Waals surface area contributed by atoms with Crippen molar-refractivity contribution in [3.8, 4) is 44.5 Å². The number of rotatable bonds is 22. The zero-order chi connectivity index (χ0) is 69.8. The van der Waals surface area contributed by atoms with E-state index in [0.29, 0.717) is 0 Å². The summed E-state index contributed by atoms with van der Waals surface area (Å²) in [4.78, 5) is 26.8. The van der Waals surface area contributed by atoms with Gasteiger partial charge in [0.25, 0.3) is 0 Å². The average molecular weight is 1400 g/mol. The molecule has 12 aromatic rings. The van der Waals surface area contributed by atoms with Crippen LogP contribution in [0.15, 0.2) is 282 Å². The topological polar surface area (TPSA) is 49.4 Å². The predicted octanol–water partition coefficient (Wildman–Crippen LogP) is 28.5. The second-order valence-electron chi connectivity index (χ2n) is 29.2. The van der Waals surface area contributed by atoms with Crippen LogP contribution in [0.4, 0.5) is 22.7 Å². The second-order valence-corrected chi connectivity index (χ2v) is 33.3. The average Bonchev–Trinajstić information content (AvgIpc) is 0.718. The van der Waals surface area contributed by atoms with E-state index in [9.17, 15) is 0 Å². The molecule has 0 aliphatic carbocycles. The molecule has 0 fully saturated rings. The van der Waals surface area contributed by atoms with Crippen LogP contribution in [0.25, 0.3) is 66.1 Å². The Morgan fingerprint density at radius 2 is 0.510 bits per heavy atom. The van der Waals surface area contributed by atoms with Gasteiger partial charge in [-0.3, -0.25) is 0 Å². The van der Waals surface area contributed by atoms with Crippen LogP contribution in [0.5, 0.6) is 0 Å². The van der Waals surface area contributed by atoms with Crippen molar-refractivity contribution in [3.63, 3.8) is 0 Å². The van der Waals surface area contributed by atoms with Gasteiger partial charge in [0.05, 0.1) is 22.7 Å². The summed E-state index contributed by atoms with van der Waals surface area (Å²) >= 11 is 7.12. The van der Waals surface area contributed by atoms with Crippen LogP contribution in [-0.4, -0.2) is 20.2 Å². The highest BCUT2D eigenvalue weighted by Gasteiger charge is 2.33. The van der Waals surface area contributed by atoms with Crippen molar-refractivity contribution in [2.45, 2.75) is 139 Å². The van der Waals surface area contributed by atoms with E-state index >= 15 is 0 Å². The molecule has 8 heteroatoms. The largest absolute Gasteiger partial charge is 0.240 e. The first-order valence-electron chi connectivity index (χ1n) is 36.8. The van der Waals surface area contributed by atoms with Gasteiger partial charge in [-0.25, -0.2) is 20.0 Å². The van der Waals surface area contributed by atoms with Gasteiger partial charge in [0.15, 0.2) is 0 Å². The molecule has 4 aliphatic heterocycles. The minimum atomic E-state index is 0.746. The normalized spacial score (nSPS) is 14.1. The lowest BCUT2D eigenvalue weighted by Gasteiger charge is -2.27. The third-order valence-electron chi connectivity index (χ3n) is 20.4. The quantitative estimate of drug-likeness (QED) is 0.0678. The van der Waals surface area contributed by atoms with Gasteiger partial charge in [-0.15, -0.1) is 0 Å². The fraction of sp³-hybridized carbons (Fsp3) is 0.234. The lowest BCUT2D eigenvalue weighted by atomic mass is 9.91. The first-order chi connectivity index (χ1) is 49.8. The van der Waals surface area contributed by atoms with Crippen LogP contribution in [0.3, 0.4) is 0 Å². The molecule has 12 aromatic carbocycles. The summed E-state index contributed by atoms with van der Waals surface area (Å²) in [6, 6.07) is 88.4. The Bertz CT molecular complexity index is 4830. The first kappa shape index (κ1) is 69.0. The Morgan fingerprint density at radius 3 is 0.755 bits per heavy atom. The number of hydrogen-bond donors (Lipinski definition) is 0. The Morgan fingerprint density at radius 1 is 0.265 bits per heavy atom. The summed E-state index contributed by atoms with van der Waals surface area (Å²) in [5.74, 6) is 3.07.